The topological polar surface area (TPSA) is 36.3 Å². The quantitative estimate of drug-likeness (QED) is 0.825. The van der Waals surface area contributed by atoms with Crippen molar-refractivity contribution >= 4 is 5.69 Å². The second-order valence-corrected chi connectivity index (χ2v) is 6.15. The smallest absolute Gasteiger partial charge is 0.101 e. The number of hydrogen-bond acceptors (Lipinski definition) is 3. The van der Waals surface area contributed by atoms with Gasteiger partial charge in [0.25, 0.3) is 0 Å². The molecule has 2 rings (SSSR count). The third-order valence-electron chi connectivity index (χ3n) is 3.89. The second-order valence-electron chi connectivity index (χ2n) is 6.15. The molecule has 3 nitrogen and oxygen atoms in total. The molecule has 0 amide bonds. The summed E-state index contributed by atoms with van der Waals surface area (Å²) in [6.07, 6.45) is 0.408. The van der Waals surface area contributed by atoms with E-state index in [1.54, 1.807) is 0 Å². The number of rotatable bonds is 2. The van der Waals surface area contributed by atoms with Crippen molar-refractivity contribution in [1.82, 2.24) is 0 Å². The molecule has 1 aromatic carbocycles. The predicted molar refractivity (Wildman–Crippen MR) is 82.2 cm³/mol. The lowest BCUT2D eigenvalue weighted by atomic mass is 9.94. The first-order valence-corrected chi connectivity index (χ1v) is 7.37. The van der Waals surface area contributed by atoms with Crippen molar-refractivity contribution in [3.63, 3.8) is 0 Å². The van der Waals surface area contributed by atoms with Crippen molar-refractivity contribution in [3.05, 3.63) is 28.8 Å². The lowest BCUT2D eigenvalue weighted by Gasteiger charge is -2.37. The van der Waals surface area contributed by atoms with Gasteiger partial charge in [-0.15, -0.1) is 0 Å². The number of ether oxygens (including phenoxy) is 1. The largest absolute Gasteiger partial charge is 0.372 e. The summed E-state index contributed by atoms with van der Waals surface area (Å²) in [5, 5.41) is 9.47. The highest BCUT2D eigenvalue weighted by molar-refractivity contribution is 5.63. The van der Waals surface area contributed by atoms with Crippen molar-refractivity contribution < 1.29 is 4.74 Å². The monoisotopic (exact) mass is 272 g/mol. The van der Waals surface area contributed by atoms with Crippen LogP contribution >= 0.6 is 0 Å². The molecule has 20 heavy (non-hydrogen) atoms. The Kier molecular flexibility index (Phi) is 4.35. The summed E-state index contributed by atoms with van der Waals surface area (Å²) in [5.74, 6) is 0.443. The summed E-state index contributed by atoms with van der Waals surface area (Å²) < 4.78 is 5.78. The van der Waals surface area contributed by atoms with Crippen LogP contribution < -0.4 is 4.90 Å². The Bertz CT molecular complexity index is 521. The normalized spacial score (nSPS) is 22.9. The Morgan fingerprint density at radius 1 is 1.25 bits per heavy atom. The van der Waals surface area contributed by atoms with Gasteiger partial charge < -0.3 is 9.64 Å². The van der Waals surface area contributed by atoms with E-state index in [9.17, 15) is 5.26 Å². The highest BCUT2D eigenvalue weighted by Gasteiger charge is 2.24. The summed E-state index contributed by atoms with van der Waals surface area (Å²) in [7, 11) is 0. The molecule has 0 bridgehead atoms. The van der Waals surface area contributed by atoms with Crippen LogP contribution in [0.1, 0.15) is 50.3 Å². The summed E-state index contributed by atoms with van der Waals surface area (Å²) in [4.78, 5) is 2.29. The van der Waals surface area contributed by atoms with Gasteiger partial charge >= 0.3 is 0 Å². The maximum atomic E-state index is 9.47. The maximum Gasteiger partial charge on any atom is 0.101 e. The van der Waals surface area contributed by atoms with E-state index in [2.05, 4.69) is 57.7 Å². The summed E-state index contributed by atoms with van der Waals surface area (Å²) in [5.41, 5.74) is 4.36. The van der Waals surface area contributed by atoms with Gasteiger partial charge in [-0.1, -0.05) is 13.8 Å². The highest BCUT2D eigenvalue weighted by atomic mass is 16.5. The average Bonchev–Trinajstić information content (AvgIpc) is 2.36. The third-order valence-corrected chi connectivity index (χ3v) is 3.89. The number of nitrogens with zero attached hydrogens (tertiary/aromatic N) is 2. The van der Waals surface area contributed by atoms with E-state index in [1.807, 2.05) is 0 Å². The van der Waals surface area contributed by atoms with Gasteiger partial charge in [0.05, 0.1) is 23.5 Å². The number of benzene rings is 1. The zero-order valence-corrected chi connectivity index (χ0v) is 13.1. The Morgan fingerprint density at radius 2 is 1.85 bits per heavy atom. The van der Waals surface area contributed by atoms with Gasteiger partial charge in [-0.3, -0.25) is 0 Å². The zero-order chi connectivity index (χ0) is 14.9. The summed E-state index contributed by atoms with van der Waals surface area (Å²) >= 11 is 0. The molecule has 1 heterocycles. The molecule has 1 aromatic rings. The molecule has 0 spiro atoms. The van der Waals surface area contributed by atoms with Crippen LogP contribution in [0.3, 0.4) is 0 Å². The molecule has 2 unspecified atom stereocenters. The lowest BCUT2D eigenvalue weighted by molar-refractivity contribution is -0.00523. The maximum absolute atomic E-state index is 9.47. The van der Waals surface area contributed by atoms with Crippen LogP contribution in [0.2, 0.25) is 0 Å². The fourth-order valence-corrected chi connectivity index (χ4v) is 3.06. The number of hydrogen-bond donors (Lipinski definition) is 0. The molecule has 108 valence electrons. The molecule has 0 aromatic heterocycles. The van der Waals surface area contributed by atoms with Gasteiger partial charge in [-0.2, -0.15) is 5.26 Å². The minimum Gasteiger partial charge on any atom is -0.372 e. The van der Waals surface area contributed by atoms with E-state index in [-0.39, 0.29) is 12.2 Å². The molecule has 1 aliphatic heterocycles. The Balaban J connectivity index is 2.41. The molecule has 1 fully saturated rings. The van der Waals surface area contributed by atoms with E-state index in [0.29, 0.717) is 5.92 Å². The van der Waals surface area contributed by atoms with Crippen LogP contribution in [-0.2, 0) is 4.74 Å². The first-order valence-electron chi connectivity index (χ1n) is 7.37. The van der Waals surface area contributed by atoms with Gasteiger partial charge in [0.2, 0.25) is 0 Å². The van der Waals surface area contributed by atoms with Gasteiger partial charge in [0.1, 0.15) is 6.07 Å². The first-order chi connectivity index (χ1) is 9.42. The number of nitriles is 1. The second kappa shape index (κ2) is 5.85. The zero-order valence-electron chi connectivity index (χ0n) is 13.1. The lowest BCUT2D eigenvalue weighted by Crippen LogP contribution is -2.45. The van der Waals surface area contributed by atoms with Crippen molar-refractivity contribution in [2.75, 3.05) is 18.0 Å². The van der Waals surface area contributed by atoms with Gasteiger partial charge in [0.15, 0.2) is 0 Å². The summed E-state index contributed by atoms with van der Waals surface area (Å²) in [6.45, 7) is 12.3. The van der Waals surface area contributed by atoms with Crippen molar-refractivity contribution in [2.24, 2.45) is 0 Å². The Labute approximate surface area is 122 Å². The molecule has 0 saturated carbocycles. The molecule has 1 aliphatic rings. The van der Waals surface area contributed by atoms with Crippen LogP contribution in [0.5, 0.6) is 0 Å². The van der Waals surface area contributed by atoms with Crippen LogP contribution in [-0.4, -0.2) is 25.3 Å². The Hall–Kier alpha value is -1.53. The van der Waals surface area contributed by atoms with E-state index < -0.39 is 0 Å². The third kappa shape index (κ3) is 2.96. The van der Waals surface area contributed by atoms with E-state index in [1.165, 1.54) is 11.1 Å². The molecular formula is C17H24N2O. The minimum atomic E-state index is 0.204. The van der Waals surface area contributed by atoms with Crippen LogP contribution in [0.15, 0.2) is 12.1 Å². The molecule has 0 N–H and O–H groups in total. The van der Waals surface area contributed by atoms with Crippen molar-refractivity contribution in [3.8, 4) is 6.07 Å². The standard InChI is InChI=1S/C17H24N2O/c1-11(2)16-7-15(8-18)17(6-12(16)3)19-9-13(4)20-14(5)10-19/h6-7,11,13-14H,9-10H2,1-5H3. The number of anilines is 1. The highest BCUT2D eigenvalue weighted by Crippen LogP contribution is 2.30. The first kappa shape index (κ1) is 14.9. The molecule has 0 radical (unpaired) electrons. The minimum absolute atomic E-state index is 0.204. The van der Waals surface area contributed by atoms with E-state index in [0.717, 1.165) is 24.3 Å². The molecular weight excluding hydrogens is 248 g/mol. The van der Waals surface area contributed by atoms with Crippen molar-refractivity contribution in [1.29, 1.82) is 5.26 Å². The van der Waals surface area contributed by atoms with Crippen LogP contribution in [0.4, 0.5) is 5.69 Å². The SMILES string of the molecule is Cc1cc(N2CC(C)OC(C)C2)c(C#N)cc1C(C)C. The van der Waals surface area contributed by atoms with Crippen LogP contribution in [0.25, 0.3) is 0 Å². The summed E-state index contributed by atoms with van der Waals surface area (Å²) in [6, 6.07) is 6.58. The van der Waals surface area contributed by atoms with E-state index in [4.69, 9.17) is 4.74 Å². The Morgan fingerprint density at radius 3 is 2.35 bits per heavy atom. The molecule has 2 atom stereocenters. The van der Waals surface area contributed by atoms with Gasteiger partial charge in [-0.25, -0.2) is 0 Å². The number of aryl methyl sites for hydroxylation is 1. The fraction of sp³-hybridized carbons (Fsp3) is 0.588. The molecule has 0 aliphatic carbocycles. The van der Waals surface area contributed by atoms with Crippen LogP contribution in [0, 0.1) is 18.3 Å². The van der Waals surface area contributed by atoms with Crippen molar-refractivity contribution in [2.45, 2.75) is 52.7 Å². The fourth-order valence-electron chi connectivity index (χ4n) is 3.06. The number of morpholine rings is 1. The van der Waals surface area contributed by atoms with Gasteiger partial charge in [0, 0.05) is 13.1 Å². The predicted octanol–water partition coefficient (Wildman–Crippen LogP) is 3.60. The average molecular weight is 272 g/mol. The van der Waals surface area contributed by atoms with Gasteiger partial charge in [-0.05, 0) is 49.9 Å². The molecule has 3 heteroatoms. The molecule has 1 saturated heterocycles. The van der Waals surface area contributed by atoms with E-state index >= 15 is 0 Å².